The van der Waals surface area contributed by atoms with E-state index in [0.29, 0.717) is 13.1 Å². The van der Waals surface area contributed by atoms with Gasteiger partial charge >= 0.3 is 6.03 Å². The van der Waals surface area contributed by atoms with Crippen LogP contribution in [0.15, 0.2) is 47.2 Å². The first-order chi connectivity index (χ1) is 15.8. The zero-order chi connectivity index (χ0) is 23.2. The number of furan rings is 1. The highest BCUT2D eigenvalue weighted by Gasteiger charge is 2.44. The fourth-order valence-corrected chi connectivity index (χ4v) is 6.67. The van der Waals surface area contributed by atoms with Crippen molar-refractivity contribution < 1.29 is 17.6 Å². The third kappa shape index (κ3) is 4.00. The van der Waals surface area contributed by atoms with Gasteiger partial charge in [0.15, 0.2) is 5.58 Å². The number of fused-ring (bicyclic) bond motifs is 1. The van der Waals surface area contributed by atoms with Gasteiger partial charge in [0, 0.05) is 43.6 Å². The van der Waals surface area contributed by atoms with E-state index in [0.717, 1.165) is 46.3 Å². The molecule has 0 unspecified atom stereocenters. The van der Waals surface area contributed by atoms with Crippen LogP contribution in [0.3, 0.4) is 0 Å². The van der Waals surface area contributed by atoms with Crippen LogP contribution in [0.1, 0.15) is 35.4 Å². The summed E-state index contributed by atoms with van der Waals surface area (Å²) in [6.07, 6.45) is 4.97. The van der Waals surface area contributed by atoms with Crippen LogP contribution in [0, 0.1) is 13.8 Å². The van der Waals surface area contributed by atoms with Crippen molar-refractivity contribution in [3.63, 3.8) is 0 Å². The second-order valence-electron chi connectivity index (χ2n) is 8.98. The molecule has 0 bridgehead atoms. The number of benzene rings is 1. The summed E-state index contributed by atoms with van der Waals surface area (Å²) in [5.74, 6) is 0.230. The maximum atomic E-state index is 13.1. The third-order valence-electron chi connectivity index (χ3n) is 6.88. The van der Waals surface area contributed by atoms with E-state index in [4.69, 9.17) is 4.42 Å². The molecule has 2 aromatic heterocycles. The van der Waals surface area contributed by atoms with Crippen LogP contribution in [0.4, 0.5) is 10.5 Å². The van der Waals surface area contributed by atoms with Gasteiger partial charge in [-0.1, -0.05) is 18.2 Å². The lowest BCUT2D eigenvalue weighted by atomic mass is 9.91. The van der Waals surface area contributed by atoms with Gasteiger partial charge in [-0.25, -0.2) is 17.5 Å². The van der Waals surface area contributed by atoms with Crippen molar-refractivity contribution in [3.8, 4) is 0 Å². The summed E-state index contributed by atoms with van der Waals surface area (Å²) in [6, 6.07) is 9.31. The molecule has 0 saturated carbocycles. The van der Waals surface area contributed by atoms with E-state index in [-0.39, 0.29) is 25.0 Å². The van der Waals surface area contributed by atoms with Gasteiger partial charge in [-0.15, -0.1) is 0 Å². The Bertz CT molecular complexity index is 1270. The first-order valence-electron chi connectivity index (χ1n) is 11.3. The van der Waals surface area contributed by atoms with Gasteiger partial charge in [-0.3, -0.25) is 4.98 Å². The summed E-state index contributed by atoms with van der Waals surface area (Å²) < 4.78 is 33.5. The lowest BCUT2D eigenvalue weighted by molar-refractivity contribution is 0.179. The Morgan fingerprint density at radius 2 is 1.79 bits per heavy atom. The minimum atomic E-state index is -3.44. The number of piperidine rings is 1. The molecule has 1 N–H and O–H groups in total. The number of rotatable bonds is 4. The molecule has 0 spiro atoms. The fraction of sp³-hybridized carbons (Fsp3) is 0.417. The van der Waals surface area contributed by atoms with Crippen molar-refractivity contribution in [3.05, 3.63) is 59.5 Å². The van der Waals surface area contributed by atoms with Crippen LogP contribution in [0.2, 0.25) is 0 Å². The first kappa shape index (κ1) is 21.9. The number of hydrogen-bond donors (Lipinski definition) is 1. The fourth-order valence-electron chi connectivity index (χ4n) is 4.80. The van der Waals surface area contributed by atoms with E-state index in [1.54, 1.807) is 21.7 Å². The van der Waals surface area contributed by atoms with E-state index in [2.05, 4.69) is 10.3 Å². The van der Waals surface area contributed by atoms with Crippen molar-refractivity contribution >= 4 is 32.8 Å². The number of urea groups is 1. The summed E-state index contributed by atoms with van der Waals surface area (Å²) in [4.78, 5) is 18.6. The van der Waals surface area contributed by atoms with Crippen LogP contribution >= 0.6 is 0 Å². The van der Waals surface area contributed by atoms with Gasteiger partial charge in [0.1, 0.15) is 10.8 Å². The summed E-state index contributed by atoms with van der Waals surface area (Å²) in [5.41, 5.74) is 5.44. The highest BCUT2D eigenvalue weighted by molar-refractivity contribution is 7.89. The topological polar surface area (TPSA) is 95.8 Å². The number of nitrogens with one attached hydrogen (secondary N) is 1. The molecule has 2 aliphatic heterocycles. The minimum absolute atomic E-state index is 0.218. The van der Waals surface area contributed by atoms with Gasteiger partial charge < -0.3 is 14.6 Å². The Hall–Kier alpha value is -2.91. The molecule has 9 heteroatoms. The van der Waals surface area contributed by atoms with Crippen molar-refractivity contribution in [2.75, 3.05) is 31.5 Å². The van der Waals surface area contributed by atoms with Crippen LogP contribution in [-0.4, -0.2) is 60.1 Å². The Morgan fingerprint density at radius 3 is 2.48 bits per heavy atom. The van der Waals surface area contributed by atoms with Crippen LogP contribution < -0.4 is 5.32 Å². The average Bonchev–Trinajstić information content (AvgIpc) is 3.19. The van der Waals surface area contributed by atoms with E-state index in [9.17, 15) is 13.2 Å². The summed E-state index contributed by atoms with van der Waals surface area (Å²) >= 11 is 0. The maximum absolute atomic E-state index is 13.1. The number of sulfonamides is 1. The molecule has 1 aromatic carbocycles. The molecule has 2 amide bonds. The maximum Gasteiger partial charge on any atom is 0.321 e. The number of amides is 2. The zero-order valence-electron chi connectivity index (χ0n) is 18.8. The Labute approximate surface area is 193 Å². The largest absolute Gasteiger partial charge is 0.462 e. The van der Waals surface area contributed by atoms with Crippen LogP contribution in [0.5, 0.6) is 0 Å². The number of likely N-dealkylation sites (tertiary alicyclic amines) is 1. The van der Waals surface area contributed by atoms with Crippen LogP contribution in [0.25, 0.3) is 11.1 Å². The Balaban J connectivity index is 1.17. The number of aryl methyl sites for hydroxylation is 2. The summed E-state index contributed by atoms with van der Waals surface area (Å²) in [7, 11) is -3.44. The number of carbonyl (C=O) groups is 1. The van der Waals surface area contributed by atoms with E-state index < -0.39 is 15.3 Å². The highest BCUT2D eigenvalue weighted by atomic mass is 32.2. The van der Waals surface area contributed by atoms with Crippen molar-refractivity contribution in [2.24, 2.45) is 0 Å². The summed E-state index contributed by atoms with van der Waals surface area (Å²) in [5, 5.41) is 2.38. The van der Waals surface area contributed by atoms with Gasteiger partial charge in [0.05, 0.1) is 6.26 Å². The molecule has 2 aliphatic rings. The lowest BCUT2D eigenvalue weighted by Crippen LogP contribution is -2.61. The second kappa shape index (κ2) is 8.46. The molecule has 4 heterocycles. The standard InChI is InChI=1S/C24H28N4O4S/c1-16-5-3-6-17(2)22(16)26-24(29)27-13-19(14-27)33(30,31)28-11-8-18(9-12-28)20-15-32-21-7-4-10-25-23(20)21/h3-7,10,15,18-19H,8-9,11-14H2,1-2H3,(H,26,29). The highest BCUT2D eigenvalue weighted by Crippen LogP contribution is 2.35. The predicted octanol–water partition coefficient (Wildman–Crippen LogP) is 3.87. The first-order valence-corrected chi connectivity index (χ1v) is 12.8. The monoisotopic (exact) mass is 468 g/mol. The van der Waals surface area contributed by atoms with E-state index in [1.807, 2.05) is 44.2 Å². The van der Waals surface area contributed by atoms with Gasteiger partial charge in [-0.05, 0) is 55.9 Å². The SMILES string of the molecule is Cc1cccc(C)c1NC(=O)N1CC(S(=O)(=O)N2CCC(c3coc4cccnc34)CC2)C1. The molecule has 3 aromatic rings. The van der Waals surface area contributed by atoms with E-state index >= 15 is 0 Å². The number of pyridine rings is 1. The molecule has 2 saturated heterocycles. The molecule has 0 radical (unpaired) electrons. The number of hydrogen-bond acceptors (Lipinski definition) is 5. The second-order valence-corrected chi connectivity index (χ2v) is 11.2. The average molecular weight is 469 g/mol. The van der Waals surface area contributed by atoms with Crippen molar-refractivity contribution in [1.82, 2.24) is 14.2 Å². The van der Waals surface area contributed by atoms with E-state index in [1.165, 1.54) is 0 Å². The summed E-state index contributed by atoms with van der Waals surface area (Å²) in [6.45, 7) is 5.26. The van der Waals surface area contributed by atoms with Gasteiger partial charge in [-0.2, -0.15) is 0 Å². The normalized spacial score (nSPS) is 18.4. The van der Waals surface area contributed by atoms with Crippen LogP contribution in [-0.2, 0) is 10.0 Å². The molecule has 8 nitrogen and oxygen atoms in total. The quantitative estimate of drug-likeness (QED) is 0.627. The third-order valence-corrected chi connectivity index (χ3v) is 9.11. The molecule has 0 atom stereocenters. The number of nitrogens with zero attached hydrogens (tertiary/aromatic N) is 3. The van der Waals surface area contributed by atoms with Crippen molar-refractivity contribution in [2.45, 2.75) is 37.9 Å². The molecular weight excluding hydrogens is 440 g/mol. The van der Waals surface area contributed by atoms with Crippen molar-refractivity contribution in [1.29, 1.82) is 0 Å². The predicted molar refractivity (Wildman–Crippen MR) is 127 cm³/mol. The molecule has 0 aliphatic carbocycles. The molecule has 33 heavy (non-hydrogen) atoms. The number of aromatic nitrogens is 1. The number of para-hydroxylation sites is 1. The minimum Gasteiger partial charge on any atom is -0.462 e. The number of carbonyl (C=O) groups excluding carboxylic acids is 1. The zero-order valence-corrected chi connectivity index (χ0v) is 19.6. The molecule has 2 fully saturated rings. The number of anilines is 1. The molecule has 174 valence electrons. The molecular formula is C24H28N4O4S. The smallest absolute Gasteiger partial charge is 0.321 e. The lowest BCUT2D eigenvalue weighted by Gasteiger charge is -2.42. The molecule has 5 rings (SSSR count). The Kier molecular flexibility index (Phi) is 5.62. The van der Waals surface area contributed by atoms with Gasteiger partial charge in [0.2, 0.25) is 10.0 Å². The van der Waals surface area contributed by atoms with Gasteiger partial charge in [0.25, 0.3) is 0 Å². The Morgan fingerprint density at radius 1 is 1.09 bits per heavy atom.